The largest absolute Gasteiger partial charge is 0.137 e. The summed E-state index contributed by atoms with van der Waals surface area (Å²) in [6.07, 6.45) is 2.02. The zero-order chi connectivity index (χ0) is 5.98. The van der Waals surface area contributed by atoms with Crippen LogP contribution in [0, 0.1) is 0 Å². The first-order valence-corrected chi connectivity index (χ1v) is 3.97. The van der Waals surface area contributed by atoms with Gasteiger partial charge in [0.2, 0.25) is 0 Å². The Labute approximate surface area is 53.0 Å². The molecule has 1 heterocycles. The monoisotopic (exact) mass is 131 g/mol. The molecule has 0 N–H and O–H groups in total. The van der Waals surface area contributed by atoms with Crippen LogP contribution in [0.25, 0.3) is 0 Å². The van der Waals surface area contributed by atoms with E-state index in [1.54, 1.807) is 11.8 Å². The van der Waals surface area contributed by atoms with Crippen LogP contribution >= 0.6 is 23.1 Å². The van der Waals surface area contributed by atoms with Gasteiger partial charge in [-0.15, -0.1) is 23.1 Å². The minimum atomic E-state index is 0.648. The molecule has 1 aromatic rings. The molecule has 0 amide bonds. The molecule has 0 unspecified atom stereocenters. The predicted octanol–water partition coefficient (Wildman–Crippen LogP) is 2.47. The van der Waals surface area contributed by atoms with Crippen molar-refractivity contribution in [2.45, 2.75) is 4.21 Å². The van der Waals surface area contributed by atoms with Gasteiger partial charge < -0.3 is 0 Å². The minimum Gasteiger partial charge on any atom is -0.137 e. The van der Waals surface area contributed by atoms with Crippen LogP contribution in [-0.2, 0) is 0 Å². The third-order valence-corrected chi connectivity index (χ3v) is 2.53. The highest BCUT2D eigenvalue weighted by Crippen LogP contribution is 2.19. The van der Waals surface area contributed by atoms with Crippen molar-refractivity contribution in [1.29, 1.82) is 0 Å². The maximum Gasteiger partial charge on any atom is 0.0740 e. The molecule has 0 saturated heterocycles. The Hall–Kier alpha value is 0.0500. The highest BCUT2D eigenvalue weighted by Gasteiger charge is 1.83. The molecule has 0 aliphatic rings. The Morgan fingerprint density at radius 1 is 2.00 bits per heavy atom. The molecule has 7 heavy (non-hydrogen) atoms. The topological polar surface area (TPSA) is 0 Å². The fourth-order valence-electron chi connectivity index (χ4n) is 0.338. The first kappa shape index (κ1) is 3.98. The van der Waals surface area contributed by atoms with Crippen molar-refractivity contribution in [2.24, 2.45) is 0 Å². The molecular formula is C5H6S2. The van der Waals surface area contributed by atoms with Gasteiger partial charge in [0.25, 0.3) is 0 Å². The number of hydrogen-bond donors (Lipinski definition) is 0. The van der Waals surface area contributed by atoms with Crippen molar-refractivity contribution >= 4 is 23.1 Å². The molecule has 2 heteroatoms. The molecule has 0 aliphatic heterocycles. The Bertz CT molecular complexity index is 171. The second-order valence-corrected chi connectivity index (χ2v) is 3.06. The lowest BCUT2D eigenvalue weighted by Gasteiger charge is -1.78. The van der Waals surface area contributed by atoms with Gasteiger partial charge in [0.15, 0.2) is 0 Å². The van der Waals surface area contributed by atoms with Gasteiger partial charge in [0, 0.05) is 0 Å². The summed E-state index contributed by atoms with van der Waals surface area (Å²) < 4.78 is 8.34. The van der Waals surface area contributed by atoms with Crippen LogP contribution in [0.2, 0.25) is 0 Å². The number of thioether (sulfide) groups is 1. The standard InChI is InChI=1S/C5H6S2/c1-6-5-3-2-4-7-5/h2-4H,1H3/i4D. The van der Waals surface area contributed by atoms with E-state index in [0.717, 1.165) is 0 Å². The van der Waals surface area contributed by atoms with E-state index in [-0.39, 0.29) is 0 Å². The van der Waals surface area contributed by atoms with E-state index >= 15 is 0 Å². The van der Waals surface area contributed by atoms with E-state index in [1.807, 2.05) is 18.4 Å². The summed E-state index contributed by atoms with van der Waals surface area (Å²) in [7, 11) is 0. The molecule has 0 nitrogen and oxygen atoms in total. The van der Waals surface area contributed by atoms with Crippen molar-refractivity contribution in [3.8, 4) is 0 Å². The maximum absolute atomic E-state index is 7.12. The summed E-state index contributed by atoms with van der Waals surface area (Å²) in [5.41, 5.74) is 0. The molecule has 1 rings (SSSR count). The highest BCUT2D eigenvalue weighted by molar-refractivity contribution is 8.00. The van der Waals surface area contributed by atoms with Gasteiger partial charge in [-0.2, -0.15) is 0 Å². The molecule has 1 aromatic heterocycles. The van der Waals surface area contributed by atoms with Gasteiger partial charge in [-0.05, 0) is 17.7 Å². The average Bonchev–Trinajstić information content (AvgIpc) is 2.14. The molecule has 0 fully saturated rings. The van der Waals surface area contributed by atoms with Gasteiger partial charge in [0.1, 0.15) is 0 Å². The fraction of sp³-hybridized carbons (Fsp3) is 0.200. The fourth-order valence-corrected chi connectivity index (χ4v) is 1.41. The molecule has 0 radical (unpaired) electrons. The van der Waals surface area contributed by atoms with E-state index in [4.69, 9.17) is 1.37 Å². The van der Waals surface area contributed by atoms with E-state index < -0.39 is 0 Å². The Morgan fingerprint density at radius 3 is 3.14 bits per heavy atom. The minimum absolute atomic E-state index is 0.648. The number of rotatable bonds is 1. The maximum atomic E-state index is 7.12. The van der Waals surface area contributed by atoms with Crippen LogP contribution in [0.1, 0.15) is 1.37 Å². The summed E-state index contributed by atoms with van der Waals surface area (Å²) in [4.78, 5) is 0. The van der Waals surface area contributed by atoms with Crippen molar-refractivity contribution in [1.82, 2.24) is 0 Å². The quantitative estimate of drug-likeness (QED) is 0.528. The molecule has 0 aliphatic carbocycles. The van der Waals surface area contributed by atoms with Crippen molar-refractivity contribution in [2.75, 3.05) is 6.26 Å². The Morgan fingerprint density at radius 2 is 2.86 bits per heavy atom. The van der Waals surface area contributed by atoms with Crippen molar-refractivity contribution in [3.05, 3.63) is 17.5 Å². The smallest absolute Gasteiger partial charge is 0.0740 e. The number of hydrogen-bond acceptors (Lipinski definition) is 2. The van der Waals surface area contributed by atoms with Gasteiger partial charge in [-0.1, -0.05) is 6.07 Å². The lowest BCUT2D eigenvalue weighted by Crippen LogP contribution is -1.45. The highest BCUT2D eigenvalue weighted by atomic mass is 32.2. The summed E-state index contributed by atoms with van der Waals surface area (Å²) in [5.74, 6) is 0. The van der Waals surface area contributed by atoms with Gasteiger partial charge in [-0.25, -0.2) is 0 Å². The molecule has 38 valence electrons. The van der Waals surface area contributed by atoms with Crippen LogP contribution in [0.15, 0.2) is 21.7 Å². The Kier molecular flexibility index (Phi) is 1.35. The summed E-state index contributed by atoms with van der Waals surface area (Å²) in [5, 5.41) is 0.648. The van der Waals surface area contributed by atoms with Crippen LogP contribution in [-0.4, -0.2) is 6.26 Å². The first-order chi connectivity index (χ1) is 3.83. The van der Waals surface area contributed by atoms with Crippen LogP contribution < -0.4 is 0 Å². The molecule has 0 bridgehead atoms. The van der Waals surface area contributed by atoms with E-state index in [0.29, 0.717) is 5.36 Å². The lowest BCUT2D eigenvalue weighted by atomic mass is 10.7. The number of thiophene rings is 1. The molecule has 0 spiro atoms. The molecular weight excluding hydrogens is 124 g/mol. The van der Waals surface area contributed by atoms with E-state index in [9.17, 15) is 0 Å². The first-order valence-electron chi connectivity index (χ1n) is 2.43. The predicted molar refractivity (Wildman–Crippen MR) is 36.1 cm³/mol. The zero-order valence-corrected chi connectivity index (χ0v) is 5.60. The Balaban J connectivity index is 2.84. The van der Waals surface area contributed by atoms with E-state index in [2.05, 4.69) is 0 Å². The third-order valence-electron chi connectivity index (χ3n) is 0.648. The van der Waals surface area contributed by atoms with Crippen molar-refractivity contribution in [3.63, 3.8) is 0 Å². The van der Waals surface area contributed by atoms with Crippen molar-refractivity contribution < 1.29 is 1.37 Å². The normalized spacial score (nSPS) is 11.3. The lowest BCUT2D eigenvalue weighted by molar-refractivity contribution is 1.75. The molecule has 0 aromatic carbocycles. The summed E-state index contributed by atoms with van der Waals surface area (Å²) in [6.45, 7) is 0. The molecule has 0 atom stereocenters. The molecule has 0 saturated carbocycles. The van der Waals surface area contributed by atoms with Gasteiger partial charge in [0.05, 0.1) is 5.58 Å². The third kappa shape index (κ3) is 1.21. The second-order valence-electron chi connectivity index (χ2n) is 1.08. The average molecular weight is 131 g/mol. The summed E-state index contributed by atoms with van der Waals surface area (Å²) >= 11 is 3.21. The van der Waals surface area contributed by atoms with Crippen LogP contribution in [0.5, 0.6) is 0 Å². The van der Waals surface area contributed by atoms with Gasteiger partial charge in [-0.3, -0.25) is 0 Å². The SMILES string of the molecule is [2H]c1ccc(SC)s1. The second kappa shape index (κ2) is 2.38. The van der Waals surface area contributed by atoms with Crippen LogP contribution in [0.3, 0.4) is 0 Å². The van der Waals surface area contributed by atoms with Gasteiger partial charge >= 0.3 is 0 Å². The summed E-state index contributed by atoms with van der Waals surface area (Å²) in [6, 6.07) is 3.79. The van der Waals surface area contributed by atoms with Crippen LogP contribution in [0.4, 0.5) is 0 Å². The van der Waals surface area contributed by atoms with E-state index in [1.165, 1.54) is 15.5 Å². The zero-order valence-electron chi connectivity index (χ0n) is 4.97.